The zero-order chi connectivity index (χ0) is 27.7. The predicted octanol–water partition coefficient (Wildman–Crippen LogP) is 3.77. The van der Waals surface area contributed by atoms with Gasteiger partial charge in [0.2, 0.25) is 0 Å². The maximum Gasteiger partial charge on any atom is 0.341 e. The molecule has 2 heterocycles. The summed E-state index contributed by atoms with van der Waals surface area (Å²) in [7, 11) is 3.40. The van der Waals surface area contributed by atoms with Crippen LogP contribution in [0, 0.1) is 10.8 Å². The first kappa shape index (κ1) is 28.1. The minimum atomic E-state index is -1.72. The largest absolute Gasteiger partial charge is 0.496 e. The van der Waals surface area contributed by atoms with Crippen molar-refractivity contribution in [3.05, 3.63) is 57.5 Å². The van der Waals surface area contributed by atoms with Crippen LogP contribution in [0.15, 0.2) is 35.4 Å². The molecule has 37 heavy (non-hydrogen) atoms. The Balaban J connectivity index is 2.12. The summed E-state index contributed by atoms with van der Waals surface area (Å²) in [5.41, 5.74) is 2.71. The first-order chi connectivity index (χ1) is 17.2. The Morgan fingerprint density at radius 3 is 2.43 bits per heavy atom. The standard InChI is InChI=1S/C28H37N3O6/c1-27(2,3)25-11-17-10-20(18(14-29)15-30(5)9-7-8-28(4,35)36)24(37-6)12-19(17)22-13-23(32)21(26(33)34)16-31(22)25/h10,12-16,25,29,35-36H,7-9,11H2,1-6H3,(H,33,34)/b18-15+,29-14?. The fourth-order valence-corrected chi connectivity index (χ4v) is 4.79. The zero-order valence-electron chi connectivity index (χ0n) is 22.3. The second-order valence-corrected chi connectivity index (χ2v) is 11.0. The zero-order valence-corrected chi connectivity index (χ0v) is 22.3. The van der Waals surface area contributed by atoms with Crippen molar-refractivity contribution in [2.45, 2.75) is 58.8 Å². The molecule has 0 saturated carbocycles. The number of nitrogens with zero attached hydrogens (tertiary/aromatic N) is 2. The van der Waals surface area contributed by atoms with Gasteiger partial charge in [-0.1, -0.05) is 20.8 Å². The van der Waals surface area contributed by atoms with Crippen LogP contribution in [0.4, 0.5) is 0 Å². The molecule has 0 saturated heterocycles. The molecule has 2 aromatic rings. The van der Waals surface area contributed by atoms with E-state index in [1.807, 2.05) is 34.8 Å². The molecule has 0 spiro atoms. The number of aromatic nitrogens is 1. The fraction of sp³-hybridized carbons (Fsp3) is 0.464. The third-order valence-corrected chi connectivity index (χ3v) is 6.75. The van der Waals surface area contributed by atoms with Gasteiger partial charge in [0.05, 0.1) is 12.8 Å². The van der Waals surface area contributed by atoms with E-state index in [2.05, 4.69) is 20.8 Å². The number of hydrogen-bond donors (Lipinski definition) is 4. The molecule has 0 bridgehead atoms. The molecule has 0 radical (unpaired) electrons. The number of aromatic carboxylic acids is 1. The number of pyridine rings is 1. The summed E-state index contributed by atoms with van der Waals surface area (Å²) in [6.07, 6.45) is 5.91. The molecule has 3 rings (SSSR count). The number of benzene rings is 1. The first-order valence-electron chi connectivity index (χ1n) is 12.2. The molecular formula is C28H37N3O6. The molecule has 9 heteroatoms. The van der Waals surface area contributed by atoms with Crippen LogP contribution in [-0.2, 0) is 6.42 Å². The van der Waals surface area contributed by atoms with Crippen molar-refractivity contribution in [1.82, 2.24) is 9.47 Å². The van der Waals surface area contributed by atoms with Gasteiger partial charge in [0.25, 0.3) is 0 Å². The Morgan fingerprint density at radius 1 is 1.22 bits per heavy atom. The number of ether oxygens (including phenoxy) is 1. The van der Waals surface area contributed by atoms with Crippen LogP contribution in [0.5, 0.6) is 5.75 Å². The van der Waals surface area contributed by atoms with Crippen LogP contribution in [0.1, 0.15) is 68.1 Å². The van der Waals surface area contributed by atoms with Gasteiger partial charge in [-0.15, -0.1) is 0 Å². The molecule has 1 aliphatic rings. The minimum Gasteiger partial charge on any atom is -0.496 e. The smallest absolute Gasteiger partial charge is 0.341 e. The summed E-state index contributed by atoms with van der Waals surface area (Å²) in [6, 6.07) is 5.11. The van der Waals surface area contributed by atoms with E-state index in [0.29, 0.717) is 36.4 Å². The number of fused-ring (bicyclic) bond motifs is 3. The van der Waals surface area contributed by atoms with Gasteiger partial charge in [0.15, 0.2) is 11.2 Å². The number of rotatable bonds is 9. The SMILES string of the molecule is COc1cc2c(cc1/C(C=N)=C/N(C)CCCC(C)(O)O)CC(C(C)(C)C)n1cc(C(=O)O)c(=O)cc1-2. The van der Waals surface area contributed by atoms with E-state index in [1.165, 1.54) is 25.4 Å². The molecule has 200 valence electrons. The lowest BCUT2D eigenvalue weighted by Crippen LogP contribution is -2.32. The Morgan fingerprint density at radius 2 is 1.89 bits per heavy atom. The Labute approximate surface area is 217 Å². The molecule has 0 amide bonds. The van der Waals surface area contributed by atoms with Crippen molar-refractivity contribution in [3.63, 3.8) is 0 Å². The van der Waals surface area contributed by atoms with Gasteiger partial charge >= 0.3 is 5.97 Å². The summed E-state index contributed by atoms with van der Waals surface area (Å²) in [5, 5.41) is 36.7. The number of carboxylic acids is 1. The van der Waals surface area contributed by atoms with Crippen LogP contribution in [0.25, 0.3) is 16.8 Å². The van der Waals surface area contributed by atoms with E-state index in [-0.39, 0.29) is 23.4 Å². The van der Waals surface area contributed by atoms with Crippen LogP contribution >= 0.6 is 0 Å². The highest BCUT2D eigenvalue weighted by Gasteiger charge is 2.34. The van der Waals surface area contributed by atoms with Gasteiger partial charge in [0.1, 0.15) is 11.3 Å². The molecule has 1 atom stereocenters. The number of aliphatic hydroxyl groups is 2. The molecule has 1 unspecified atom stereocenters. The lowest BCUT2D eigenvalue weighted by Gasteiger charge is -2.39. The first-order valence-corrected chi connectivity index (χ1v) is 12.2. The van der Waals surface area contributed by atoms with E-state index in [9.17, 15) is 24.9 Å². The van der Waals surface area contributed by atoms with E-state index in [0.717, 1.165) is 16.7 Å². The van der Waals surface area contributed by atoms with Gasteiger partial charge in [-0.05, 0) is 42.9 Å². The van der Waals surface area contributed by atoms with Crippen molar-refractivity contribution in [2.75, 3.05) is 20.7 Å². The van der Waals surface area contributed by atoms with Gasteiger partial charge in [-0.3, -0.25) is 4.79 Å². The molecule has 0 fully saturated rings. The van der Waals surface area contributed by atoms with E-state index >= 15 is 0 Å². The lowest BCUT2D eigenvalue weighted by atomic mass is 9.78. The van der Waals surface area contributed by atoms with Crippen LogP contribution < -0.4 is 10.2 Å². The maximum atomic E-state index is 12.6. The molecular weight excluding hydrogens is 474 g/mol. The van der Waals surface area contributed by atoms with E-state index in [4.69, 9.17) is 10.1 Å². The molecule has 1 aromatic carbocycles. The lowest BCUT2D eigenvalue weighted by molar-refractivity contribution is -0.150. The number of methoxy groups -OCH3 is 1. The summed E-state index contributed by atoms with van der Waals surface area (Å²) < 4.78 is 7.59. The van der Waals surface area contributed by atoms with E-state index < -0.39 is 17.2 Å². The highest BCUT2D eigenvalue weighted by atomic mass is 16.5. The van der Waals surface area contributed by atoms with Crippen LogP contribution in [-0.4, -0.2) is 63.5 Å². The Hall–Kier alpha value is -3.43. The molecule has 1 aromatic heterocycles. The van der Waals surface area contributed by atoms with Crippen LogP contribution in [0.2, 0.25) is 0 Å². The Kier molecular flexibility index (Phi) is 8.00. The number of carboxylic acid groups (broad SMARTS) is 1. The third-order valence-electron chi connectivity index (χ3n) is 6.75. The van der Waals surface area contributed by atoms with Gasteiger partial charge < -0.3 is 34.9 Å². The molecule has 4 N–H and O–H groups in total. The monoisotopic (exact) mass is 511 g/mol. The second-order valence-electron chi connectivity index (χ2n) is 11.0. The normalized spacial score (nSPS) is 15.6. The third kappa shape index (κ3) is 6.29. The average Bonchev–Trinajstić information content (AvgIpc) is 2.79. The molecule has 9 nitrogen and oxygen atoms in total. The predicted molar refractivity (Wildman–Crippen MR) is 143 cm³/mol. The quantitative estimate of drug-likeness (QED) is 0.297. The highest BCUT2D eigenvalue weighted by Crippen LogP contribution is 2.45. The number of nitrogens with one attached hydrogen (secondary N) is 1. The van der Waals surface area contributed by atoms with Gasteiger partial charge in [-0.2, -0.15) is 0 Å². The number of carbonyl (C=O) groups is 1. The number of allylic oxidation sites excluding steroid dienone is 1. The average molecular weight is 512 g/mol. The summed E-state index contributed by atoms with van der Waals surface area (Å²) in [6.45, 7) is 8.16. The minimum absolute atomic E-state index is 0.101. The van der Waals surface area contributed by atoms with Crippen molar-refractivity contribution >= 4 is 17.8 Å². The van der Waals surface area contributed by atoms with Gasteiger partial charge in [-0.25, -0.2) is 4.79 Å². The fourth-order valence-electron chi connectivity index (χ4n) is 4.79. The van der Waals surface area contributed by atoms with Crippen molar-refractivity contribution in [1.29, 1.82) is 5.41 Å². The number of hydrogen-bond acceptors (Lipinski definition) is 7. The van der Waals surface area contributed by atoms with Crippen molar-refractivity contribution < 1.29 is 24.9 Å². The molecule has 0 aliphatic carbocycles. The highest BCUT2D eigenvalue weighted by molar-refractivity contribution is 6.09. The second kappa shape index (κ2) is 10.5. The van der Waals surface area contributed by atoms with Crippen LogP contribution in [0.3, 0.4) is 0 Å². The molecule has 1 aliphatic heterocycles. The van der Waals surface area contributed by atoms with Gasteiger partial charge in [0, 0.05) is 67.4 Å². The maximum absolute atomic E-state index is 12.6. The summed E-state index contributed by atoms with van der Waals surface area (Å²) in [5.74, 6) is -2.45. The Bertz CT molecular complexity index is 1280. The van der Waals surface area contributed by atoms with Crippen molar-refractivity contribution in [2.24, 2.45) is 5.41 Å². The topological polar surface area (TPSA) is 136 Å². The van der Waals surface area contributed by atoms with E-state index in [1.54, 1.807) is 7.11 Å². The summed E-state index contributed by atoms with van der Waals surface area (Å²) in [4.78, 5) is 26.2. The van der Waals surface area contributed by atoms with Crippen molar-refractivity contribution in [3.8, 4) is 17.0 Å². The summed E-state index contributed by atoms with van der Waals surface area (Å²) >= 11 is 0.